The number of hydrogen-bond donors (Lipinski definition) is 0. The largest absolute Gasteiger partial charge is 0.346 e. The van der Waals surface area contributed by atoms with Gasteiger partial charge in [-0.15, -0.1) is 0 Å². The van der Waals surface area contributed by atoms with E-state index >= 15 is 0 Å². The van der Waals surface area contributed by atoms with Crippen LogP contribution in [0.5, 0.6) is 0 Å². The van der Waals surface area contributed by atoms with Crippen molar-refractivity contribution in [3.63, 3.8) is 0 Å². The topological polar surface area (TPSA) is 29.0 Å². The predicted octanol–water partition coefficient (Wildman–Crippen LogP) is 1.79. The highest BCUT2D eigenvalue weighted by Gasteiger charge is 2.12. The zero-order chi connectivity index (χ0) is 9.10. The summed E-state index contributed by atoms with van der Waals surface area (Å²) in [5.74, 6) is 3.41. The lowest BCUT2D eigenvalue weighted by Gasteiger charge is -2.17. The van der Waals surface area contributed by atoms with E-state index in [9.17, 15) is 0 Å². The fraction of sp³-hybridized carbons (Fsp3) is 0.750. The van der Waals surface area contributed by atoms with Crippen molar-refractivity contribution in [3.8, 4) is 0 Å². The summed E-state index contributed by atoms with van der Waals surface area (Å²) in [6.07, 6.45) is 1.27. The van der Waals surface area contributed by atoms with E-state index in [2.05, 4.69) is 14.3 Å². The van der Waals surface area contributed by atoms with Crippen molar-refractivity contribution < 1.29 is 0 Å². The van der Waals surface area contributed by atoms with Crippen LogP contribution in [0, 0.1) is 6.92 Å². The second-order valence-corrected chi connectivity index (χ2v) is 5.03. The number of anilines is 1. The minimum atomic E-state index is 0.900. The first kappa shape index (κ1) is 9.27. The van der Waals surface area contributed by atoms with Gasteiger partial charge in [-0.3, -0.25) is 0 Å². The smallest absolute Gasteiger partial charge is 0.205 e. The van der Waals surface area contributed by atoms with E-state index in [1.807, 2.05) is 18.7 Å². The minimum Gasteiger partial charge on any atom is -0.346 e. The Morgan fingerprint density at radius 3 is 3.00 bits per heavy atom. The van der Waals surface area contributed by atoms with Crippen molar-refractivity contribution in [3.05, 3.63) is 5.82 Å². The van der Waals surface area contributed by atoms with Gasteiger partial charge < -0.3 is 4.90 Å². The second-order valence-electron chi connectivity index (χ2n) is 3.08. The van der Waals surface area contributed by atoms with E-state index in [1.54, 1.807) is 0 Å². The summed E-state index contributed by atoms with van der Waals surface area (Å²) in [5, 5.41) is 1.10. The quantitative estimate of drug-likeness (QED) is 0.714. The molecule has 0 amide bonds. The SMILES string of the molecule is Cc1nsc(N2CCCSCC2)n1. The summed E-state index contributed by atoms with van der Waals surface area (Å²) in [6, 6.07) is 0. The van der Waals surface area contributed by atoms with Crippen LogP contribution in [0.2, 0.25) is 0 Å². The lowest BCUT2D eigenvalue weighted by molar-refractivity contribution is 0.810. The first-order valence-electron chi connectivity index (χ1n) is 4.49. The third-order valence-electron chi connectivity index (χ3n) is 2.01. The molecule has 72 valence electrons. The molecule has 0 aliphatic carbocycles. The molecule has 5 heteroatoms. The number of hydrogen-bond acceptors (Lipinski definition) is 5. The van der Waals surface area contributed by atoms with Gasteiger partial charge in [0.1, 0.15) is 5.82 Å². The molecule has 1 aromatic heterocycles. The molecule has 0 unspecified atom stereocenters. The molecule has 13 heavy (non-hydrogen) atoms. The Morgan fingerprint density at radius 1 is 1.31 bits per heavy atom. The molecule has 2 heterocycles. The van der Waals surface area contributed by atoms with Crippen LogP contribution in [-0.2, 0) is 0 Å². The van der Waals surface area contributed by atoms with Gasteiger partial charge in [0.25, 0.3) is 0 Å². The average molecular weight is 215 g/mol. The van der Waals surface area contributed by atoms with Gasteiger partial charge in [-0.1, -0.05) is 0 Å². The van der Waals surface area contributed by atoms with Crippen LogP contribution in [0.3, 0.4) is 0 Å². The van der Waals surface area contributed by atoms with Gasteiger partial charge in [0.05, 0.1) is 0 Å². The first-order chi connectivity index (χ1) is 6.36. The lowest BCUT2D eigenvalue weighted by atomic mass is 10.4. The molecule has 0 aromatic carbocycles. The summed E-state index contributed by atoms with van der Waals surface area (Å²) < 4.78 is 4.20. The Labute approximate surface area is 86.7 Å². The summed E-state index contributed by atoms with van der Waals surface area (Å²) >= 11 is 3.56. The van der Waals surface area contributed by atoms with Gasteiger partial charge in [-0.2, -0.15) is 16.1 Å². The second kappa shape index (κ2) is 4.28. The van der Waals surface area contributed by atoms with Gasteiger partial charge in [0, 0.05) is 30.4 Å². The molecular weight excluding hydrogens is 202 g/mol. The summed E-state index contributed by atoms with van der Waals surface area (Å²) in [7, 11) is 0. The van der Waals surface area contributed by atoms with Crippen molar-refractivity contribution in [1.29, 1.82) is 0 Å². The lowest BCUT2D eigenvalue weighted by Crippen LogP contribution is -2.25. The Kier molecular flexibility index (Phi) is 3.05. The van der Waals surface area contributed by atoms with Crippen LogP contribution in [0.1, 0.15) is 12.2 Å². The Morgan fingerprint density at radius 2 is 2.23 bits per heavy atom. The third kappa shape index (κ3) is 2.34. The molecule has 0 radical (unpaired) electrons. The third-order valence-corrected chi connectivity index (χ3v) is 3.93. The molecule has 0 bridgehead atoms. The zero-order valence-electron chi connectivity index (χ0n) is 7.69. The summed E-state index contributed by atoms with van der Waals surface area (Å²) in [5.41, 5.74) is 0. The molecule has 1 saturated heterocycles. The Hall–Kier alpha value is -0.290. The van der Waals surface area contributed by atoms with Crippen LogP contribution in [0.15, 0.2) is 0 Å². The van der Waals surface area contributed by atoms with Crippen molar-refractivity contribution in [1.82, 2.24) is 9.36 Å². The molecular formula is C8H13N3S2. The van der Waals surface area contributed by atoms with Gasteiger partial charge in [0.2, 0.25) is 5.13 Å². The minimum absolute atomic E-state index is 0.900. The fourth-order valence-corrected chi connectivity index (χ4v) is 2.96. The van der Waals surface area contributed by atoms with Gasteiger partial charge >= 0.3 is 0 Å². The van der Waals surface area contributed by atoms with Crippen LogP contribution < -0.4 is 4.90 Å². The first-order valence-corrected chi connectivity index (χ1v) is 6.42. The number of nitrogens with zero attached hydrogens (tertiary/aromatic N) is 3. The van der Waals surface area contributed by atoms with E-state index in [4.69, 9.17) is 0 Å². The van der Waals surface area contributed by atoms with Crippen molar-refractivity contribution in [2.75, 3.05) is 29.5 Å². The monoisotopic (exact) mass is 215 g/mol. The maximum absolute atomic E-state index is 4.40. The highest BCUT2D eigenvalue weighted by molar-refractivity contribution is 7.99. The van der Waals surface area contributed by atoms with Crippen molar-refractivity contribution in [2.24, 2.45) is 0 Å². The molecule has 1 fully saturated rings. The summed E-state index contributed by atoms with van der Waals surface area (Å²) in [4.78, 5) is 6.75. The predicted molar refractivity (Wildman–Crippen MR) is 58.8 cm³/mol. The van der Waals surface area contributed by atoms with Gasteiger partial charge in [-0.25, -0.2) is 4.98 Å². The molecule has 0 N–H and O–H groups in total. The number of aryl methyl sites for hydroxylation is 1. The normalized spacial score (nSPS) is 18.7. The zero-order valence-corrected chi connectivity index (χ0v) is 9.33. The van der Waals surface area contributed by atoms with E-state index in [0.29, 0.717) is 0 Å². The van der Waals surface area contributed by atoms with Crippen LogP contribution in [0.4, 0.5) is 5.13 Å². The van der Waals surface area contributed by atoms with E-state index < -0.39 is 0 Å². The van der Waals surface area contributed by atoms with Crippen molar-refractivity contribution in [2.45, 2.75) is 13.3 Å². The van der Waals surface area contributed by atoms with Crippen LogP contribution in [0.25, 0.3) is 0 Å². The number of rotatable bonds is 1. The highest BCUT2D eigenvalue weighted by atomic mass is 32.2. The molecule has 0 saturated carbocycles. The maximum atomic E-state index is 4.40. The van der Waals surface area contributed by atoms with Gasteiger partial charge in [0.15, 0.2) is 0 Å². The summed E-state index contributed by atoms with van der Waals surface area (Å²) in [6.45, 7) is 4.22. The molecule has 0 spiro atoms. The molecule has 1 aliphatic rings. The van der Waals surface area contributed by atoms with Gasteiger partial charge in [-0.05, 0) is 19.1 Å². The molecule has 3 nitrogen and oxygen atoms in total. The molecule has 1 aliphatic heterocycles. The number of aromatic nitrogens is 2. The average Bonchev–Trinajstić information content (AvgIpc) is 2.43. The Bertz CT molecular complexity index is 266. The fourth-order valence-electron chi connectivity index (χ4n) is 1.35. The van der Waals surface area contributed by atoms with E-state index in [-0.39, 0.29) is 0 Å². The maximum Gasteiger partial charge on any atom is 0.205 e. The molecule has 2 rings (SSSR count). The van der Waals surface area contributed by atoms with E-state index in [1.165, 1.54) is 29.5 Å². The van der Waals surface area contributed by atoms with Crippen molar-refractivity contribution >= 4 is 28.4 Å². The van der Waals surface area contributed by atoms with E-state index in [0.717, 1.165) is 24.0 Å². The molecule has 0 atom stereocenters. The Balaban J connectivity index is 2.06. The standard InChI is InChI=1S/C8H13N3S2/c1-7-9-8(13-10-7)11-3-2-5-12-6-4-11/h2-6H2,1H3. The molecule has 1 aromatic rings. The van der Waals surface area contributed by atoms with Crippen LogP contribution >= 0.6 is 23.3 Å². The number of thioether (sulfide) groups is 1. The van der Waals surface area contributed by atoms with Crippen LogP contribution in [-0.4, -0.2) is 34.0 Å². The highest BCUT2D eigenvalue weighted by Crippen LogP contribution is 2.20.